The van der Waals surface area contributed by atoms with Gasteiger partial charge in [0.05, 0.1) is 0 Å². The Labute approximate surface area is 66.9 Å². The Balaban J connectivity index is 0. The quantitative estimate of drug-likeness (QED) is 0.484. The van der Waals surface area contributed by atoms with Crippen molar-refractivity contribution in [2.75, 3.05) is 0 Å². The molecule has 0 aliphatic carbocycles. The van der Waals surface area contributed by atoms with E-state index >= 15 is 0 Å². The van der Waals surface area contributed by atoms with Gasteiger partial charge in [0.25, 0.3) is 0 Å². The fourth-order valence-corrected chi connectivity index (χ4v) is 0. The fourth-order valence-electron chi connectivity index (χ4n) is 0. The Morgan fingerprint density at radius 2 is 1.17 bits per heavy atom. The average Bonchev–Trinajstić information content (AvgIpc) is 0.722. The molecule has 6 heteroatoms. The smallest absolute Gasteiger partial charge is 0.303 e. The van der Waals surface area contributed by atoms with Crippen molar-refractivity contribution >= 4 is 7.82 Å². The van der Waals surface area contributed by atoms with Gasteiger partial charge < -0.3 is 14.7 Å². The summed E-state index contributed by atoms with van der Waals surface area (Å²) in [5.74, 6) is 0. The molecule has 0 bridgehead atoms. The van der Waals surface area contributed by atoms with E-state index in [1.54, 1.807) is 0 Å². The monoisotopic (exact) mass is 250 g/mol. The standard InChI is InChI=1S/H3O4P.Sm/c1-5(2,3)4;/h(H3,1,2,3,4);. The van der Waals surface area contributed by atoms with Gasteiger partial charge in [-0.15, -0.1) is 0 Å². The van der Waals surface area contributed by atoms with E-state index in [-0.39, 0.29) is 40.4 Å². The molecule has 0 radical (unpaired) electrons. The maximum Gasteiger partial charge on any atom is 0.466 e. The van der Waals surface area contributed by atoms with Crippen molar-refractivity contribution in [3.05, 3.63) is 0 Å². The molecule has 0 unspecified atom stereocenters. The zero-order chi connectivity index (χ0) is 4.50. The van der Waals surface area contributed by atoms with Crippen LogP contribution in [-0.2, 0) is 4.57 Å². The fraction of sp³-hybridized carbons (Fsp3) is 0. The Kier molecular flexibility index (Phi) is 6.00. The molecule has 0 aromatic rings. The first-order valence-electron chi connectivity index (χ1n) is 0.783. The largest absolute Gasteiger partial charge is 0.466 e. The molecule has 4 nitrogen and oxygen atoms in total. The van der Waals surface area contributed by atoms with Gasteiger partial charge in [0.2, 0.25) is 0 Å². The van der Waals surface area contributed by atoms with Crippen molar-refractivity contribution in [3.8, 4) is 0 Å². The molecule has 0 heterocycles. The van der Waals surface area contributed by atoms with Crippen molar-refractivity contribution in [1.82, 2.24) is 0 Å². The number of hydrogen-bond acceptors (Lipinski definition) is 1. The van der Waals surface area contributed by atoms with Crippen LogP contribution in [0.1, 0.15) is 0 Å². The van der Waals surface area contributed by atoms with Crippen LogP contribution in [0.15, 0.2) is 0 Å². The summed E-state index contributed by atoms with van der Waals surface area (Å²) in [7, 11) is -4.64. The molecular formula is H3O4PSm. The minimum atomic E-state index is -4.64. The third kappa shape index (κ3) is 51.4. The second kappa shape index (κ2) is 3.45. The minimum absolute atomic E-state index is 0. The summed E-state index contributed by atoms with van der Waals surface area (Å²) in [6.45, 7) is 0. The van der Waals surface area contributed by atoms with E-state index in [1.165, 1.54) is 0 Å². The van der Waals surface area contributed by atoms with Crippen molar-refractivity contribution in [1.29, 1.82) is 0 Å². The number of hydrogen-bond donors (Lipinski definition) is 3. The molecule has 0 aliphatic heterocycles. The van der Waals surface area contributed by atoms with Crippen LogP contribution in [0.5, 0.6) is 0 Å². The summed E-state index contributed by atoms with van der Waals surface area (Å²) in [5, 5.41) is 0. The van der Waals surface area contributed by atoms with Gasteiger partial charge in [0, 0.05) is 40.4 Å². The molecule has 0 spiro atoms. The molecule has 3 N–H and O–H groups in total. The number of rotatable bonds is 0. The van der Waals surface area contributed by atoms with Crippen molar-refractivity contribution in [2.45, 2.75) is 0 Å². The van der Waals surface area contributed by atoms with Gasteiger partial charge in [-0.2, -0.15) is 0 Å². The van der Waals surface area contributed by atoms with Crippen molar-refractivity contribution < 1.29 is 59.6 Å². The summed E-state index contributed by atoms with van der Waals surface area (Å²) < 4.78 is 8.88. The van der Waals surface area contributed by atoms with Crippen LogP contribution in [0.3, 0.4) is 0 Å². The van der Waals surface area contributed by atoms with Crippen LogP contribution < -0.4 is 0 Å². The molecule has 0 aromatic heterocycles. The molecule has 38 valence electrons. The van der Waals surface area contributed by atoms with E-state index in [2.05, 4.69) is 0 Å². The molecule has 0 saturated heterocycles. The van der Waals surface area contributed by atoms with E-state index in [0.29, 0.717) is 0 Å². The van der Waals surface area contributed by atoms with Gasteiger partial charge >= 0.3 is 7.82 Å². The van der Waals surface area contributed by atoms with E-state index < -0.39 is 7.82 Å². The molecular weight excluding hydrogens is 245 g/mol. The zero-order valence-corrected chi connectivity index (χ0v) is 6.12. The van der Waals surface area contributed by atoms with Crippen LogP contribution in [0.4, 0.5) is 0 Å². The molecule has 0 amide bonds. The predicted octanol–water partition coefficient (Wildman–Crippen LogP) is -0.929. The Morgan fingerprint density at radius 3 is 1.17 bits per heavy atom. The maximum atomic E-state index is 8.88. The van der Waals surface area contributed by atoms with Crippen LogP contribution in [0, 0.1) is 40.4 Å². The SMILES string of the molecule is O=P(O)(O)O.[Sm]. The Hall–Kier alpha value is 1.45. The topological polar surface area (TPSA) is 77.8 Å². The Bertz CT molecular complexity index is 53.7. The van der Waals surface area contributed by atoms with Crippen molar-refractivity contribution in [3.63, 3.8) is 0 Å². The van der Waals surface area contributed by atoms with Crippen LogP contribution in [-0.4, -0.2) is 14.7 Å². The summed E-state index contributed by atoms with van der Waals surface area (Å²) in [5.41, 5.74) is 0. The molecule has 6 heavy (non-hydrogen) atoms. The molecule has 0 aromatic carbocycles. The summed E-state index contributed by atoms with van der Waals surface area (Å²) in [6.07, 6.45) is 0. The van der Waals surface area contributed by atoms with Crippen molar-refractivity contribution in [2.24, 2.45) is 0 Å². The first kappa shape index (κ1) is 10.4. The summed E-state index contributed by atoms with van der Waals surface area (Å²) in [6, 6.07) is 0. The molecule has 0 saturated carbocycles. The van der Waals surface area contributed by atoms with Gasteiger partial charge in [0.15, 0.2) is 0 Å². The molecule has 0 rings (SSSR count). The maximum absolute atomic E-state index is 8.88. The summed E-state index contributed by atoms with van der Waals surface area (Å²) >= 11 is 0. The first-order valence-corrected chi connectivity index (χ1v) is 2.35. The van der Waals surface area contributed by atoms with E-state index in [9.17, 15) is 0 Å². The third-order valence-corrected chi connectivity index (χ3v) is 0. The first-order chi connectivity index (χ1) is 2.00. The second-order valence-corrected chi connectivity index (χ2v) is 1.54. The number of phosphoric acid groups is 1. The van der Waals surface area contributed by atoms with Crippen LogP contribution in [0.2, 0.25) is 0 Å². The van der Waals surface area contributed by atoms with E-state index in [0.717, 1.165) is 0 Å². The van der Waals surface area contributed by atoms with Gasteiger partial charge in [-0.25, -0.2) is 4.57 Å². The Morgan fingerprint density at radius 1 is 1.17 bits per heavy atom. The zero-order valence-electron chi connectivity index (χ0n) is 2.61. The third-order valence-electron chi connectivity index (χ3n) is 0. The minimum Gasteiger partial charge on any atom is -0.303 e. The van der Waals surface area contributed by atoms with Gasteiger partial charge in [-0.3, -0.25) is 0 Å². The van der Waals surface area contributed by atoms with E-state index in [1.807, 2.05) is 0 Å². The average molecular weight is 248 g/mol. The predicted molar refractivity (Wildman–Crippen MR) is 14.3 cm³/mol. The van der Waals surface area contributed by atoms with Crippen LogP contribution >= 0.6 is 7.82 Å². The summed E-state index contributed by atoms with van der Waals surface area (Å²) in [4.78, 5) is 21.6. The normalized spacial score (nSPS) is 9.83. The van der Waals surface area contributed by atoms with Gasteiger partial charge in [0.1, 0.15) is 0 Å². The second-order valence-electron chi connectivity index (χ2n) is 0.513. The van der Waals surface area contributed by atoms with Gasteiger partial charge in [-0.05, 0) is 0 Å². The molecule has 0 atom stereocenters. The van der Waals surface area contributed by atoms with Crippen LogP contribution in [0.25, 0.3) is 0 Å². The molecule has 0 fully saturated rings. The van der Waals surface area contributed by atoms with E-state index in [4.69, 9.17) is 19.2 Å². The van der Waals surface area contributed by atoms with Gasteiger partial charge in [-0.1, -0.05) is 0 Å². The molecule has 0 aliphatic rings.